The number of rotatable bonds is 8. The summed E-state index contributed by atoms with van der Waals surface area (Å²) >= 11 is 0. The Morgan fingerprint density at radius 2 is 2.07 bits per heavy atom. The van der Waals surface area contributed by atoms with Gasteiger partial charge in [0.25, 0.3) is 0 Å². The monoisotopic (exact) mass is 488 g/mol. The van der Waals surface area contributed by atoms with Crippen molar-refractivity contribution in [1.82, 2.24) is 25.1 Å². The highest BCUT2D eigenvalue weighted by Gasteiger charge is 2.26. The Morgan fingerprint density at radius 1 is 1.26 bits per heavy atom. The van der Waals surface area contributed by atoms with Crippen LogP contribution in [0.1, 0.15) is 50.8 Å². The second-order valence-electron chi connectivity index (χ2n) is 7.91. The van der Waals surface area contributed by atoms with Crippen LogP contribution in [-0.4, -0.2) is 59.7 Å². The topological polar surface area (TPSA) is 57.5 Å². The summed E-state index contributed by atoms with van der Waals surface area (Å²) in [5.41, 5.74) is 0. The number of halogens is 1. The molecule has 1 saturated carbocycles. The molecule has 1 atom stereocenters. The first-order valence-electron chi connectivity index (χ1n) is 10.4. The second-order valence-corrected chi connectivity index (χ2v) is 7.91. The molecule has 1 aliphatic carbocycles. The number of imidazole rings is 1. The highest BCUT2D eigenvalue weighted by molar-refractivity contribution is 14.0. The molecule has 0 spiro atoms. The van der Waals surface area contributed by atoms with Crippen molar-refractivity contribution in [2.75, 3.05) is 33.2 Å². The van der Waals surface area contributed by atoms with Gasteiger partial charge in [-0.3, -0.25) is 4.99 Å². The third kappa shape index (κ3) is 7.25. The molecular formula is C20H37IN6. The predicted molar refractivity (Wildman–Crippen MR) is 123 cm³/mol. The molecule has 1 aromatic rings. The maximum Gasteiger partial charge on any atom is 0.191 e. The Bertz CT molecular complexity index is 567. The minimum absolute atomic E-state index is 0. The van der Waals surface area contributed by atoms with E-state index in [4.69, 9.17) is 0 Å². The molecule has 2 heterocycles. The maximum absolute atomic E-state index is 4.40. The summed E-state index contributed by atoms with van der Waals surface area (Å²) in [4.78, 5) is 11.3. The van der Waals surface area contributed by atoms with Crippen LogP contribution in [0.4, 0.5) is 0 Å². The molecule has 2 aliphatic rings. The lowest BCUT2D eigenvalue weighted by Gasteiger charge is -2.21. The Balaban J connectivity index is 0.00000261. The van der Waals surface area contributed by atoms with Gasteiger partial charge in [0.05, 0.1) is 0 Å². The SMILES string of the molecule is CN=C(NCCCCn1ccnc1C)NC1CCN(CC2CCCC2)C1.I. The van der Waals surface area contributed by atoms with Crippen molar-refractivity contribution in [3.05, 3.63) is 18.2 Å². The molecule has 1 saturated heterocycles. The van der Waals surface area contributed by atoms with E-state index >= 15 is 0 Å². The van der Waals surface area contributed by atoms with E-state index in [1.807, 2.05) is 13.2 Å². The molecule has 2 fully saturated rings. The number of nitrogens with one attached hydrogen (secondary N) is 2. The van der Waals surface area contributed by atoms with Crippen molar-refractivity contribution in [1.29, 1.82) is 0 Å². The van der Waals surface area contributed by atoms with Crippen molar-refractivity contribution in [2.24, 2.45) is 10.9 Å². The van der Waals surface area contributed by atoms with Crippen LogP contribution >= 0.6 is 24.0 Å². The Hall–Kier alpha value is -0.830. The zero-order valence-corrected chi connectivity index (χ0v) is 19.3. The molecule has 154 valence electrons. The van der Waals surface area contributed by atoms with E-state index in [1.54, 1.807) is 0 Å². The van der Waals surface area contributed by atoms with Gasteiger partial charge in [-0.25, -0.2) is 4.98 Å². The van der Waals surface area contributed by atoms with Gasteiger partial charge in [-0.1, -0.05) is 12.8 Å². The van der Waals surface area contributed by atoms with Crippen LogP contribution in [0.2, 0.25) is 0 Å². The number of guanidine groups is 1. The van der Waals surface area contributed by atoms with Crippen molar-refractivity contribution in [2.45, 2.75) is 64.5 Å². The first-order chi connectivity index (χ1) is 12.7. The summed E-state index contributed by atoms with van der Waals surface area (Å²) in [6, 6.07) is 0.538. The number of likely N-dealkylation sites (tertiary alicyclic amines) is 1. The van der Waals surface area contributed by atoms with Gasteiger partial charge >= 0.3 is 0 Å². The molecule has 2 N–H and O–H groups in total. The number of aromatic nitrogens is 2. The van der Waals surface area contributed by atoms with Crippen LogP contribution < -0.4 is 10.6 Å². The number of hydrogen-bond acceptors (Lipinski definition) is 3. The van der Waals surface area contributed by atoms with Gasteiger partial charge < -0.3 is 20.1 Å². The fourth-order valence-corrected chi connectivity index (χ4v) is 4.32. The Morgan fingerprint density at radius 3 is 2.78 bits per heavy atom. The normalized spacial score (nSPS) is 21.4. The summed E-state index contributed by atoms with van der Waals surface area (Å²) in [5.74, 6) is 3.00. The number of aryl methyl sites for hydroxylation is 2. The molecule has 0 aromatic carbocycles. The maximum atomic E-state index is 4.40. The summed E-state index contributed by atoms with van der Waals surface area (Å²) in [7, 11) is 1.87. The molecule has 0 amide bonds. The molecular weight excluding hydrogens is 451 g/mol. The lowest BCUT2D eigenvalue weighted by molar-refractivity contribution is 0.275. The number of nitrogens with zero attached hydrogens (tertiary/aromatic N) is 4. The number of aliphatic imine (C=N–C) groups is 1. The highest BCUT2D eigenvalue weighted by Crippen LogP contribution is 2.26. The molecule has 6 nitrogen and oxygen atoms in total. The molecule has 1 unspecified atom stereocenters. The van der Waals surface area contributed by atoms with Crippen LogP contribution in [0, 0.1) is 12.8 Å². The molecule has 1 aliphatic heterocycles. The molecule has 0 bridgehead atoms. The quantitative estimate of drug-likeness (QED) is 0.256. The second kappa shape index (κ2) is 11.9. The van der Waals surface area contributed by atoms with Crippen molar-refractivity contribution >= 4 is 29.9 Å². The summed E-state index contributed by atoms with van der Waals surface area (Å²) in [5, 5.41) is 7.09. The fourth-order valence-electron chi connectivity index (χ4n) is 4.32. The number of hydrogen-bond donors (Lipinski definition) is 2. The minimum atomic E-state index is 0. The van der Waals surface area contributed by atoms with E-state index in [1.165, 1.54) is 45.2 Å². The van der Waals surface area contributed by atoms with Gasteiger partial charge in [-0.05, 0) is 44.9 Å². The lowest BCUT2D eigenvalue weighted by Crippen LogP contribution is -2.45. The Kier molecular flexibility index (Phi) is 9.89. The molecule has 27 heavy (non-hydrogen) atoms. The minimum Gasteiger partial charge on any atom is -0.356 e. The largest absolute Gasteiger partial charge is 0.356 e. The first-order valence-corrected chi connectivity index (χ1v) is 10.4. The van der Waals surface area contributed by atoms with E-state index in [2.05, 4.69) is 43.2 Å². The summed E-state index contributed by atoms with van der Waals surface area (Å²) in [6.07, 6.45) is 13.2. The third-order valence-corrected chi connectivity index (χ3v) is 5.87. The van der Waals surface area contributed by atoms with E-state index < -0.39 is 0 Å². The van der Waals surface area contributed by atoms with Crippen LogP contribution in [0.15, 0.2) is 17.4 Å². The zero-order chi connectivity index (χ0) is 18.2. The standard InChI is InChI=1S/C20H36N6.HI/c1-17-22-11-14-26(17)12-6-5-10-23-20(21-2)24-19-9-13-25(16-19)15-18-7-3-4-8-18;/h11,14,18-19H,3-10,12-13,15-16H2,1-2H3,(H2,21,23,24);1H. The van der Waals surface area contributed by atoms with Gasteiger partial charge in [0, 0.05) is 58.2 Å². The van der Waals surface area contributed by atoms with Crippen molar-refractivity contribution in [3.63, 3.8) is 0 Å². The zero-order valence-electron chi connectivity index (χ0n) is 17.0. The Labute approximate surface area is 181 Å². The van der Waals surface area contributed by atoms with Crippen molar-refractivity contribution < 1.29 is 0 Å². The lowest BCUT2D eigenvalue weighted by atomic mass is 10.1. The smallest absolute Gasteiger partial charge is 0.191 e. The van der Waals surface area contributed by atoms with E-state index in [0.29, 0.717) is 6.04 Å². The summed E-state index contributed by atoms with van der Waals surface area (Å²) in [6.45, 7) is 7.76. The van der Waals surface area contributed by atoms with Crippen LogP contribution in [0.25, 0.3) is 0 Å². The average Bonchev–Trinajstić information content (AvgIpc) is 3.38. The van der Waals surface area contributed by atoms with Crippen molar-refractivity contribution in [3.8, 4) is 0 Å². The third-order valence-electron chi connectivity index (χ3n) is 5.87. The van der Waals surface area contributed by atoms with E-state index in [9.17, 15) is 0 Å². The molecule has 0 radical (unpaired) electrons. The van der Waals surface area contributed by atoms with E-state index in [0.717, 1.165) is 50.2 Å². The van der Waals surface area contributed by atoms with Gasteiger partial charge in [-0.2, -0.15) is 0 Å². The van der Waals surface area contributed by atoms with Crippen LogP contribution in [-0.2, 0) is 6.54 Å². The van der Waals surface area contributed by atoms with Gasteiger partial charge in [-0.15, -0.1) is 24.0 Å². The van der Waals surface area contributed by atoms with E-state index in [-0.39, 0.29) is 24.0 Å². The van der Waals surface area contributed by atoms with Crippen LogP contribution in [0.5, 0.6) is 0 Å². The van der Waals surface area contributed by atoms with Gasteiger partial charge in [0.2, 0.25) is 0 Å². The first kappa shape index (κ1) is 22.5. The van der Waals surface area contributed by atoms with Gasteiger partial charge in [0.15, 0.2) is 5.96 Å². The van der Waals surface area contributed by atoms with Gasteiger partial charge in [0.1, 0.15) is 5.82 Å². The predicted octanol–water partition coefficient (Wildman–Crippen LogP) is 3.02. The molecule has 3 rings (SSSR count). The fraction of sp³-hybridized carbons (Fsp3) is 0.800. The molecule has 7 heteroatoms. The molecule has 1 aromatic heterocycles. The average molecular weight is 488 g/mol. The summed E-state index contributed by atoms with van der Waals surface area (Å²) < 4.78 is 2.21. The van der Waals surface area contributed by atoms with Crippen LogP contribution in [0.3, 0.4) is 0 Å². The number of unbranched alkanes of at least 4 members (excludes halogenated alkanes) is 1. The highest BCUT2D eigenvalue weighted by atomic mass is 127.